The predicted octanol–water partition coefficient (Wildman–Crippen LogP) is 3.73. The van der Waals surface area contributed by atoms with Crippen molar-refractivity contribution < 1.29 is 18.3 Å². The number of rotatable bonds is 1. The molecule has 1 N–H and O–H groups in total. The highest BCUT2D eigenvalue weighted by Crippen LogP contribution is 2.40. The smallest absolute Gasteiger partial charge is 0.385 e. The molecular weight excluding hydrogens is 255 g/mol. The van der Waals surface area contributed by atoms with E-state index in [4.69, 9.17) is 5.26 Å². The molecule has 0 amide bonds. The highest BCUT2D eigenvalue weighted by atomic mass is 19.4. The SMILES string of the molecule is N#Cc1ccc(C2(O)CCCCC2)cc1C(F)(F)F. The van der Waals surface area contributed by atoms with Crippen molar-refractivity contribution in [3.63, 3.8) is 0 Å². The first-order chi connectivity index (χ1) is 8.87. The predicted molar refractivity (Wildman–Crippen MR) is 63.1 cm³/mol. The first-order valence-electron chi connectivity index (χ1n) is 6.21. The zero-order valence-corrected chi connectivity index (χ0v) is 10.3. The van der Waals surface area contributed by atoms with Crippen LogP contribution in [0.1, 0.15) is 48.8 Å². The molecule has 0 spiro atoms. The Labute approximate surface area is 109 Å². The Bertz CT molecular complexity index is 510. The van der Waals surface area contributed by atoms with Crippen LogP contribution in [0.5, 0.6) is 0 Å². The van der Waals surface area contributed by atoms with E-state index in [0.717, 1.165) is 31.4 Å². The molecule has 0 aliphatic heterocycles. The topological polar surface area (TPSA) is 44.0 Å². The number of halogens is 3. The Morgan fingerprint density at radius 1 is 1.16 bits per heavy atom. The number of nitrogens with zero attached hydrogens (tertiary/aromatic N) is 1. The van der Waals surface area contributed by atoms with Crippen molar-refractivity contribution in [3.8, 4) is 6.07 Å². The highest BCUT2D eigenvalue weighted by Gasteiger charge is 2.37. The summed E-state index contributed by atoms with van der Waals surface area (Å²) in [6.45, 7) is 0. The largest absolute Gasteiger partial charge is 0.417 e. The van der Waals surface area contributed by atoms with Crippen LogP contribution >= 0.6 is 0 Å². The van der Waals surface area contributed by atoms with Gasteiger partial charge in [-0.15, -0.1) is 0 Å². The molecule has 0 bridgehead atoms. The van der Waals surface area contributed by atoms with Crippen LogP contribution in [-0.2, 0) is 11.8 Å². The maximum Gasteiger partial charge on any atom is 0.417 e. The molecule has 5 heteroatoms. The zero-order valence-electron chi connectivity index (χ0n) is 10.3. The first-order valence-corrected chi connectivity index (χ1v) is 6.21. The fourth-order valence-corrected chi connectivity index (χ4v) is 2.59. The summed E-state index contributed by atoms with van der Waals surface area (Å²) in [4.78, 5) is 0. The Hall–Kier alpha value is -1.54. The van der Waals surface area contributed by atoms with E-state index in [1.807, 2.05) is 0 Å². The second kappa shape index (κ2) is 4.86. The average Bonchev–Trinajstić information content (AvgIpc) is 2.38. The summed E-state index contributed by atoms with van der Waals surface area (Å²) < 4.78 is 38.6. The van der Waals surface area contributed by atoms with Crippen LogP contribution in [-0.4, -0.2) is 5.11 Å². The van der Waals surface area contributed by atoms with Crippen LogP contribution in [0.25, 0.3) is 0 Å². The maximum absolute atomic E-state index is 12.9. The average molecular weight is 269 g/mol. The Balaban J connectivity index is 2.46. The Morgan fingerprint density at radius 2 is 1.79 bits per heavy atom. The molecule has 0 atom stereocenters. The van der Waals surface area contributed by atoms with E-state index in [9.17, 15) is 18.3 Å². The minimum Gasteiger partial charge on any atom is -0.385 e. The minimum atomic E-state index is -4.58. The molecule has 1 aromatic carbocycles. The molecule has 0 unspecified atom stereocenters. The summed E-state index contributed by atoms with van der Waals surface area (Å²) in [5, 5.41) is 19.2. The van der Waals surface area contributed by atoms with E-state index in [2.05, 4.69) is 0 Å². The van der Waals surface area contributed by atoms with Crippen LogP contribution < -0.4 is 0 Å². The van der Waals surface area contributed by atoms with Gasteiger partial charge in [0, 0.05) is 0 Å². The summed E-state index contributed by atoms with van der Waals surface area (Å²) in [5.74, 6) is 0. The van der Waals surface area contributed by atoms with Crippen LogP contribution in [0.3, 0.4) is 0 Å². The van der Waals surface area contributed by atoms with E-state index < -0.39 is 22.9 Å². The molecule has 1 fully saturated rings. The summed E-state index contributed by atoms with van der Waals surface area (Å²) in [7, 11) is 0. The summed E-state index contributed by atoms with van der Waals surface area (Å²) in [6, 6.07) is 5.04. The number of benzene rings is 1. The number of alkyl halides is 3. The molecule has 0 saturated heterocycles. The van der Waals surface area contributed by atoms with Gasteiger partial charge in [0.25, 0.3) is 0 Å². The van der Waals surface area contributed by atoms with Gasteiger partial charge in [-0.25, -0.2) is 0 Å². The van der Waals surface area contributed by atoms with Gasteiger partial charge in [0.15, 0.2) is 0 Å². The van der Waals surface area contributed by atoms with Gasteiger partial charge in [-0.1, -0.05) is 25.3 Å². The van der Waals surface area contributed by atoms with Crippen molar-refractivity contribution in [2.45, 2.75) is 43.9 Å². The monoisotopic (exact) mass is 269 g/mol. The van der Waals surface area contributed by atoms with Gasteiger partial charge in [0.2, 0.25) is 0 Å². The van der Waals surface area contributed by atoms with E-state index in [0.29, 0.717) is 12.8 Å². The standard InChI is InChI=1S/C14H14F3NO/c15-14(16,17)12-8-11(5-4-10(12)9-18)13(19)6-2-1-3-7-13/h4-5,8,19H,1-3,6-7H2. The van der Waals surface area contributed by atoms with Crippen molar-refractivity contribution in [3.05, 3.63) is 34.9 Å². The summed E-state index contributed by atoms with van der Waals surface area (Å²) in [6.07, 6.45) is -1.04. The maximum atomic E-state index is 12.9. The molecule has 0 aromatic heterocycles. The van der Waals surface area contributed by atoms with Crippen molar-refractivity contribution >= 4 is 0 Å². The number of hydrogen-bond acceptors (Lipinski definition) is 2. The normalized spacial score (nSPS) is 18.9. The molecule has 2 nitrogen and oxygen atoms in total. The summed E-state index contributed by atoms with van der Waals surface area (Å²) >= 11 is 0. The lowest BCUT2D eigenvalue weighted by atomic mass is 9.79. The highest BCUT2D eigenvalue weighted by molar-refractivity contribution is 5.43. The molecule has 1 aromatic rings. The van der Waals surface area contributed by atoms with E-state index in [1.165, 1.54) is 6.07 Å². The number of nitriles is 1. The van der Waals surface area contributed by atoms with Crippen LogP contribution in [0.15, 0.2) is 18.2 Å². The van der Waals surface area contributed by atoms with Crippen LogP contribution in [0.2, 0.25) is 0 Å². The quantitative estimate of drug-likeness (QED) is 0.844. The molecule has 1 aliphatic carbocycles. The fraction of sp³-hybridized carbons (Fsp3) is 0.500. The summed E-state index contributed by atoms with van der Waals surface area (Å²) in [5.41, 5.74) is -2.30. The van der Waals surface area contributed by atoms with E-state index in [1.54, 1.807) is 6.07 Å². The van der Waals surface area contributed by atoms with Gasteiger partial charge in [-0.05, 0) is 30.5 Å². The molecule has 2 rings (SSSR count). The third kappa shape index (κ3) is 2.74. The van der Waals surface area contributed by atoms with Gasteiger partial charge in [0.1, 0.15) is 0 Å². The third-order valence-corrected chi connectivity index (χ3v) is 3.66. The lowest BCUT2D eigenvalue weighted by Gasteiger charge is -2.33. The van der Waals surface area contributed by atoms with Gasteiger partial charge >= 0.3 is 6.18 Å². The Morgan fingerprint density at radius 3 is 2.32 bits per heavy atom. The van der Waals surface area contributed by atoms with Crippen molar-refractivity contribution in [2.75, 3.05) is 0 Å². The van der Waals surface area contributed by atoms with Crippen molar-refractivity contribution in [1.29, 1.82) is 5.26 Å². The van der Waals surface area contributed by atoms with Crippen molar-refractivity contribution in [1.82, 2.24) is 0 Å². The number of aliphatic hydroxyl groups is 1. The van der Waals surface area contributed by atoms with Crippen LogP contribution in [0.4, 0.5) is 13.2 Å². The first kappa shape index (κ1) is 13.9. The molecular formula is C14H14F3NO. The lowest BCUT2D eigenvalue weighted by molar-refractivity contribution is -0.138. The van der Waals surface area contributed by atoms with E-state index in [-0.39, 0.29) is 5.56 Å². The molecule has 19 heavy (non-hydrogen) atoms. The van der Waals surface area contributed by atoms with Crippen LogP contribution in [0, 0.1) is 11.3 Å². The fourth-order valence-electron chi connectivity index (χ4n) is 2.59. The van der Waals surface area contributed by atoms with Gasteiger partial charge < -0.3 is 5.11 Å². The lowest BCUT2D eigenvalue weighted by Crippen LogP contribution is -2.29. The molecule has 1 aliphatic rings. The molecule has 1 saturated carbocycles. The zero-order chi connectivity index (χ0) is 14.1. The molecule has 0 heterocycles. The molecule has 0 radical (unpaired) electrons. The molecule has 102 valence electrons. The van der Waals surface area contributed by atoms with Gasteiger partial charge in [0.05, 0.1) is 22.8 Å². The second-order valence-corrected chi connectivity index (χ2v) is 4.96. The van der Waals surface area contributed by atoms with Gasteiger partial charge in [-0.2, -0.15) is 18.4 Å². The minimum absolute atomic E-state index is 0.263. The Kier molecular flexibility index (Phi) is 3.55. The van der Waals surface area contributed by atoms with Gasteiger partial charge in [-0.3, -0.25) is 0 Å². The second-order valence-electron chi connectivity index (χ2n) is 4.96. The van der Waals surface area contributed by atoms with Crippen molar-refractivity contribution in [2.24, 2.45) is 0 Å². The van der Waals surface area contributed by atoms with E-state index >= 15 is 0 Å². The third-order valence-electron chi connectivity index (χ3n) is 3.66. The number of hydrogen-bond donors (Lipinski definition) is 1.